The fraction of sp³-hybridized carbons (Fsp3) is 0.778. The Hall–Kier alpha value is -0.940. The van der Waals surface area contributed by atoms with E-state index in [1.807, 2.05) is 14.0 Å². The summed E-state index contributed by atoms with van der Waals surface area (Å²) in [6.45, 7) is 2.48. The van der Waals surface area contributed by atoms with E-state index in [9.17, 15) is 0 Å². The predicted molar refractivity (Wildman–Crippen MR) is 51.6 cm³/mol. The van der Waals surface area contributed by atoms with Crippen molar-refractivity contribution in [1.29, 1.82) is 0 Å². The summed E-state index contributed by atoms with van der Waals surface area (Å²) in [7, 11) is 1.90. The number of hydrogen-bond acceptors (Lipinski definition) is 4. The van der Waals surface area contributed by atoms with E-state index in [2.05, 4.69) is 10.1 Å². The van der Waals surface area contributed by atoms with Crippen molar-refractivity contribution in [3.63, 3.8) is 0 Å². The Morgan fingerprint density at radius 1 is 1.57 bits per heavy atom. The normalized spacial score (nSPS) is 27.1. The minimum Gasteiger partial charge on any atom is -0.366 e. The quantitative estimate of drug-likeness (QED) is 0.739. The molecule has 78 valence electrons. The Balaban J connectivity index is 2.13. The average molecular weight is 196 g/mol. The van der Waals surface area contributed by atoms with Gasteiger partial charge in [0.15, 0.2) is 5.82 Å². The summed E-state index contributed by atoms with van der Waals surface area (Å²) >= 11 is 0. The molecule has 1 saturated heterocycles. The Morgan fingerprint density at radius 2 is 2.36 bits per heavy atom. The van der Waals surface area contributed by atoms with Crippen molar-refractivity contribution in [3.05, 3.63) is 11.6 Å². The summed E-state index contributed by atoms with van der Waals surface area (Å²) < 4.78 is 7.53. The molecule has 2 heterocycles. The number of nitrogens with two attached hydrogens (primary N) is 1. The van der Waals surface area contributed by atoms with Gasteiger partial charge in [-0.1, -0.05) is 0 Å². The Bertz CT molecular complexity index is 323. The monoisotopic (exact) mass is 196 g/mol. The van der Waals surface area contributed by atoms with Gasteiger partial charge in [-0.3, -0.25) is 4.68 Å². The smallest absolute Gasteiger partial charge is 0.156 e. The number of hydrogen-bond donors (Lipinski definition) is 1. The third-order valence-corrected chi connectivity index (χ3v) is 2.56. The first-order valence-corrected chi connectivity index (χ1v) is 4.93. The van der Waals surface area contributed by atoms with Gasteiger partial charge in [-0.15, -0.1) is 0 Å². The standard InChI is InChI=1S/C9H16N4O/c1-6-11-9(13(2)12-6)8-4-3-7(5-10)14-8/h7-8H,3-5,10H2,1-2H3. The predicted octanol–water partition coefficient (Wildman–Crippen LogP) is 0.302. The summed E-state index contributed by atoms with van der Waals surface area (Å²) in [6.07, 6.45) is 2.28. The molecule has 0 bridgehead atoms. The molecule has 1 aromatic heterocycles. The Morgan fingerprint density at radius 3 is 2.86 bits per heavy atom. The van der Waals surface area contributed by atoms with E-state index in [4.69, 9.17) is 10.5 Å². The van der Waals surface area contributed by atoms with E-state index < -0.39 is 0 Å². The van der Waals surface area contributed by atoms with Gasteiger partial charge in [0.25, 0.3) is 0 Å². The van der Waals surface area contributed by atoms with Crippen LogP contribution in [-0.4, -0.2) is 27.4 Å². The van der Waals surface area contributed by atoms with Crippen LogP contribution in [0.2, 0.25) is 0 Å². The second-order valence-corrected chi connectivity index (χ2v) is 3.70. The van der Waals surface area contributed by atoms with Gasteiger partial charge in [0.2, 0.25) is 0 Å². The van der Waals surface area contributed by atoms with Crippen molar-refractivity contribution in [2.24, 2.45) is 12.8 Å². The van der Waals surface area contributed by atoms with E-state index >= 15 is 0 Å². The second kappa shape index (κ2) is 3.67. The van der Waals surface area contributed by atoms with E-state index in [-0.39, 0.29) is 12.2 Å². The van der Waals surface area contributed by atoms with Gasteiger partial charge in [0.1, 0.15) is 11.9 Å². The lowest BCUT2D eigenvalue weighted by molar-refractivity contribution is 0.0427. The highest BCUT2D eigenvalue weighted by atomic mass is 16.5. The van der Waals surface area contributed by atoms with Gasteiger partial charge >= 0.3 is 0 Å². The molecule has 0 aromatic carbocycles. The molecule has 5 nitrogen and oxygen atoms in total. The summed E-state index contributed by atoms with van der Waals surface area (Å²) in [5.41, 5.74) is 5.55. The molecule has 1 aliphatic rings. The van der Waals surface area contributed by atoms with Crippen molar-refractivity contribution in [3.8, 4) is 0 Å². The van der Waals surface area contributed by atoms with Crippen LogP contribution >= 0.6 is 0 Å². The van der Waals surface area contributed by atoms with Gasteiger partial charge in [-0.25, -0.2) is 4.98 Å². The van der Waals surface area contributed by atoms with E-state index in [1.54, 1.807) is 4.68 Å². The molecule has 2 atom stereocenters. The zero-order valence-corrected chi connectivity index (χ0v) is 8.60. The van der Waals surface area contributed by atoms with Gasteiger partial charge in [0, 0.05) is 13.6 Å². The Kier molecular flexibility index (Phi) is 2.52. The maximum atomic E-state index is 5.74. The molecule has 1 aliphatic heterocycles. The van der Waals surface area contributed by atoms with Crippen molar-refractivity contribution >= 4 is 0 Å². The van der Waals surface area contributed by atoms with Crippen LogP contribution < -0.4 is 5.73 Å². The zero-order chi connectivity index (χ0) is 10.1. The summed E-state index contributed by atoms with van der Waals surface area (Å²) in [6, 6.07) is 0. The van der Waals surface area contributed by atoms with Crippen molar-refractivity contribution < 1.29 is 4.74 Å². The molecule has 2 unspecified atom stereocenters. The van der Waals surface area contributed by atoms with E-state index in [0.717, 1.165) is 24.5 Å². The molecule has 0 spiro atoms. The van der Waals surface area contributed by atoms with Crippen LogP contribution in [0.25, 0.3) is 0 Å². The third kappa shape index (κ3) is 1.65. The van der Waals surface area contributed by atoms with Crippen LogP contribution in [0.1, 0.15) is 30.6 Å². The molecule has 14 heavy (non-hydrogen) atoms. The number of ether oxygens (including phenoxy) is 1. The van der Waals surface area contributed by atoms with Crippen LogP contribution in [0.4, 0.5) is 0 Å². The Labute approximate surface area is 83.3 Å². The van der Waals surface area contributed by atoms with Crippen molar-refractivity contribution in [2.45, 2.75) is 32.0 Å². The zero-order valence-electron chi connectivity index (χ0n) is 8.60. The molecular weight excluding hydrogens is 180 g/mol. The van der Waals surface area contributed by atoms with Crippen LogP contribution in [0.15, 0.2) is 0 Å². The average Bonchev–Trinajstić information content (AvgIpc) is 2.71. The minimum atomic E-state index is 0.0785. The largest absolute Gasteiger partial charge is 0.366 e. The third-order valence-electron chi connectivity index (χ3n) is 2.56. The van der Waals surface area contributed by atoms with Gasteiger partial charge in [0.05, 0.1) is 6.10 Å². The topological polar surface area (TPSA) is 66.0 Å². The summed E-state index contributed by atoms with van der Waals surface area (Å²) in [4.78, 5) is 4.35. The maximum absolute atomic E-state index is 5.74. The molecule has 5 heteroatoms. The van der Waals surface area contributed by atoms with Crippen LogP contribution in [-0.2, 0) is 11.8 Å². The number of aryl methyl sites for hydroxylation is 2. The number of rotatable bonds is 2. The first kappa shape index (κ1) is 9.61. The lowest BCUT2D eigenvalue weighted by atomic mass is 10.2. The maximum Gasteiger partial charge on any atom is 0.156 e. The summed E-state index contributed by atoms with van der Waals surface area (Å²) in [5.74, 6) is 1.71. The van der Waals surface area contributed by atoms with Crippen LogP contribution in [0.3, 0.4) is 0 Å². The molecule has 0 radical (unpaired) electrons. The molecule has 0 aliphatic carbocycles. The fourth-order valence-electron chi connectivity index (χ4n) is 1.88. The van der Waals surface area contributed by atoms with E-state index in [1.165, 1.54) is 0 Å². The molecule has 1 fully saturated rings. The van der Waals surface area contributed by atoms with Gasteiger partial charge in [-0.05, 0) is 19.8 Å². The minimum absolute atomic E-state index is 0.0785. The lowest BCUT2D eigenvalue weighted by Crippen LogP contribution is -2.19. The number of aromatic nitrogens is 3. The van der Waals surface area contributed by atoms with Gasteiger partial charge in [-0.2, -0.15) is 5.10 Å². The molecule has 2 N–H and O–H groups in total. The molecule has 0 saturated carbocycles. The lowest BCUT2D eigenvalue weighted by Gasteiger charge is -2.10. The van der Waals surface area contributed by atoms with E-state index in [0.29, 0.717) is 6.54 Å². The molecule has 0 amide bonds. The SMILES string of the molecule is Cc1nc(C2CCC(CN)O2)n(C)n1. The highest BCUT2D eigenvalue weighted by Gasteiger charge is 2.28. The highest BCUT2D eigenvalue weighted by molar-refractivity contribution is 4.97. The number of nitrogens with zero attached hydrogens (tertiary/aromatic N) is 3. The second-order valence-electron chi connectivity index (χ2n) is 3.70. The summed E-state index contributed by atoms with van der Waals surface area (Å²) in [5, 5.41) is 4.20. The van der Waals surface area contributed by atoms with Crippen LogP contribution in [0, 0.1) is 6.92 Å². The molecule has 1 aromatic rings. The van der Waals surface area contributed by atoms with Crippen molar-refractivity contribution in [1.82, 2.24) is 14.8 Å². The van der Waals surface area contributed by atoms with Crippen LogP contribution in [0.5, 0.6) is 0 Å². The van der Waals surface area contributed by atoms with Crippen molar-refractivity contribution in [2.75, 3.05) is 6.54 Å². The first-order valence-electron chi connectivity index (χ1n) is 4.93. The first-order chi connectivity index (χ1) is 6.70. The molecular formula is C9H16N4O. The molecule has 2 rings (SSSR count). The fourth-order valence-corrected chi connectivity index (χ4v) is 1.88. The highest BCUT2D eigenvalue weighted by Crippen LogP contribution is 2.30. The van der Waals surface area contributed by atoms with Gasteiger partial charge < -0.3 is 10.5 Å².